The summed E-state index contributed by atoms with van der Waals surface area (Å²) in [7, 11) is 1.36. The van der Waals surface area contributed by atoms with Crippen molar-refractivity contribution in [1.82, 2.24) is 0 Å². The fourth-order valence-corrected chi connectivity index (χ4v) is 9.45. The van der Waals surface area contributed by atoms with Crippen molar-refractivity contribution < 1.29 is 37.8 Å². The summed E-state index contributed by atoms with van der Waals surface area (Å²) in [6.45, 7) is 7.91. The average Bonchev–Trinajstić information content (AvgIpc) is 3.72. The molecular weight excluding hydrogens is 536 g/mol. The van der Waals surface area contributed by atoms with Gasteiger partial charge in [-0.25, -0.2) is 0 Å². The quantitative estimate of drug-likeness (QED) is 0.273. The Kier molecular flexibility index (Phi) is 5.71. The fraction of sp³-hybridized carbons (Fsp3) is 0.471. The third kappa shape index (κ3) is 3.21. The van der Waals surface area contributed by atoms with Crippen molar-refractivity contribution in [3.63, 3.8) is 0 Å². The van der Waals surface area contributed by atoms with Crippen LogP contribution in [0.2, 0.25) is 0 Å². The maximum absolute atomic E-state index is 13.9. The Labute approximate surface area is 244 Å². The third-order valence-electron chi connectivity index (χ3n) is 11.3. The summed E-state index contributed by atoms with van der Waals surface area (Å²) in [5.41, 5.74) is 1.85. The van der Waals surface area contributed by atoms with Crippen molar-refractivity contribution >= 4 is 24.0 Å². The van der Waals surface area contributed by atoms with E-state index in [1.54, 1.807) is 24.5 Å². The molecule has 218 valence electrons. The molecule has 0 bridgehead atoms. The number of hydrogen-bond acceptors (Lipinski definition) is 8. The van der Waals surface area contributed by atoms with Crippen LogP contribution in [0.3, 0.4) is 0 Å². The van der Waals surface area contributed by atoms with E-state index in [1.807, 2.05) is 32.0 Å². The highest BCUT2D eigenvalue weighted by atomic mass is 16.6. The van der Waals surface area contributed by atoms with Gasteiger partial charge in [0.1, 0.15) is 24.3 Å². The van der Waals surface area contributed by atoms with Crippen LogP contribution in [0.1, 0.15) is 62.4 Å². The van der Waals surface area contributed by atoms with Crippen LogP contribution in [0.5, 0.6) is 0 Å². The van der Waals surface area contributed by atoms with Gasteiger partial charge in [-0.15, -0.1) is 0 Å². The minimum Gasteiger partial charge on any atom is -0.469 e. The van der Waals surface area contributed by atoms with Gasteiger partial charge in [0.2, 0.25) is 0 Å². The molecule has 0 spiro atoms. The van der Waals surface area contributed by atoms with E-state index in [-0.39, 0.29) is 30.2 Å². The number of aldehydes is 1. The molecule has 8 heteroatoms. The van der Waals surface area contributed by atoms with E-state index in [2.05, 4.69) is 13.8 Å². The Balaban J connectivity index is 1.37. The maximum Gasteiger partial charge on any atom is 0.316 e. The van der Waals surface area contributed by atoms with Gasteiger partial charge in [0.15, 0.2) is 5.78 Å². The van der Waals surface area contributed by atoms with Crippen LogP contribution in [0.25, 0.3) is 11.3 Å². The third-order valence-corrected chi connectivity index (χ3v) is 11.3. The van der Waals surface area contributed by atoms with Crippen molar-refractivity contribution in [3.05, 3.63) is 71.0 Å². The first-order valence-corrected chi connectivity index (χ1v) is 14.5. The molecule has 8 nitrogen and oxygen atoms in total. The minimum atomic E-state index is -1.05. The van der Waals surface area contributed by atoms with E-state index in [1.165, 1.54) is 13.2 Å². The van der Waals surface area contributed by atoms with Crippen LogP contribution < -0.4 is 0 Å². The SMILES string of the molecule is COC(=O)CC1C2(C)C3=C(C)C(c4ccoc4-c4ccc(C=O)cc4)CC3OC2C2OC(=O)C3(C)C=CC(=O)C1(C)C23. The lowest BCUT2D eigenvalue weighted by molar-refractivity contribution is -0.190. The molecule has 9 unspecified atom stereocenters. The molecule has 7 rings (SSSR count). The summed E-state index contributed by atoms with van der Waals surface area (Å²) >= 11 is 0. The molecule has 1 aromatic heterocycles. The number of allylic oxidation sites excluding steroid dienone is 2. The van der Waals surface area contributed by atoms with E-state index in [0.29, 0.717) is 12.0 Å². The van der Waals surface area contributed by atoms with Crippen LogP contribution in [0.15, 0.2) is 64.3 Å². The number of furan rings is 1. The van der Waals surface area contributed by atoms with E-state index in [9.17, 15) is 19.2 Å². The summed E-state index contributed by atoms with van der Waals surface area (Å²) in [6, 6.07) is 9.25. The number of fused-ring (bicyclic) bond motifs is 4. The minimum absolute atomic E-state index is 0.0185. The van der Waals surface area contributed by atoms with Crippen LogP contribution in [-0.2, 0) is 28.6 Å². The van der Waals surface area contributed by atoms with Crippen molar-refractivity contribution in [2.45, 2.75) is 64.8 Å². The van der Waals surface area contributed by atoms with Gasteiger partial charge in [-0.1, -0.05) is 49.8 Å². The fourth-order valence-electron chi connectivity index (χ4n) is 9.45. The summed E-state index contributed by atoms with van der Waals surface area (Å²) in [6.07, 6.45) is 4.94. The molecule has 0 amide bonds. The second-order valence-electron chi connectivity index (χ2n) is 13.1. The van der Waals surface area contributed by atoms with Gasteiger partial charge in [-0.3, -0.25) is 19.2 Å². The molecule has 3 fully saturated rings. The van der Waals surface area contributed by atoms with E-state index < -0.39 is 46.3 Å². The van der Waals surface area contributed by atoms with E-state index >= 15 is 0 Å². The number of methoxy groups -OCH3 is 1. The van der Waals surface area contributed by atoms with Gasteiger partial charge < -0.3 is 18.6 Å². The van der Waals surface area contributed by atoms with Crippen LogP contribution in [0.4, 0.5) is 0 Å². The Hall–Kier alpha value is -3.78. The molecule has 3 aliphatic carbocycles. The highest BCUT2D eigenvalue weighted by Crippen LogP contribution is 2.72. The Bertz CT molecular complexity index is 1590. The zero-order valence-corrected chi connectivity index (χ0v) is 24.3. The summed E-state index contributed by atoms with van der Waals surface area (Å²) in [4.78, 5) is 51.4. The van der Waals surface area contributed by atoms with Gasteiger partial charge in [-0.05, 0) is 43.9 Å². The number of rotatable bonds is 5. The van der Waals surface area contributed by atoms with Crippen LogP contribution >= 0.6 is 0 Å². The monoisotopic (exact) mass is 570 g/mol. The van der Waals surface area contributed by atoms with Gasteiger partial charge in [0.05, 0.1) is 31.3 Å². The lowest BCUT2D eigenvalue weighted by atomic mass is 9.42. The first kappa shape index (κ1) is 27.1. The van der Waals surface area contributed by atoms with E-state index in [4.69, 9.17) is 18.6 Å². The van der Waals surface area contributed by atoms with Gasteiger partial charge in [0.25, 0.3) is 0 Å². The Morgan fingerprint density at radius 1 is 1.10 bits per heavy atom. The second-order valence-corrected chi connectivity index (χ2v) is 13.1. The summed E-state index contributed by atoms with van der Waals surface area (Å²) < 4.78 is 24.1. The zero-order chi connectivity index (χ0) is 29.8. The topological polar surface area (TPSA) is 109 Å². The number of carbonyl (C=O) groups is 4. The van der Waals surface area contributed by atoms with Crippen LogP contribution in [-0.4, -0.2) is 49.4 Å². The van der Waals surface area contributed by atoms with Crippen molar-refractivity contribution in [3.8, 4) is 11.3 Å². The number of esters is 2. The predicted molar refractivity (Wildman–Crippen MR) is 150 cm³/mol. The number of ether oxygens (including phenoxy) is 3. The van der Waals surface area contributed by atoms with Crippen molar-refractivity contribution in [1.29, 1.82) is 0 Å². The molecule has 5 aliphatic rings. The second kappa shape index (κ2) is 8.86. The molecule has 42 heavy (non-hydrogen) atoms. The molecule has 2 saturated heterocycles. The molecular formula is C34H34O8. The van der Waals surface area contributed by atoms with Crippen molar-refractivity contribution in [2.75, 3.05) is 7.11 Å². The summed E-state index contributed by atoms with van der Waals surface area (Å²) in [5, 5.41) is 0. The standard InChI is InChI=1S/C34H34O8/c1-17-21(20-11-13-40-27(20)19-8-6-18(16-35)7-9-19)14-22-26(17)34(4)23(15-25(37)39-5)33(3)24(36)10-12-32(2)29(33)28(30(34)41-22)42-31(32)38/h6-13,16,21-23,28-30H,14-15H2,1-5H3. The lowest BCUT2D eigenvalue weighted by Gasteiger charge is -2.59. The highest BCUT2D eigenvalue weighted by molar-refractivity contribution is 6.00. The first-order valence-electron chi connectivity index (χ1n) is 14.5. The largest absolute Gasteiger partial charge is 0.469 e. The van der Waals surface area contributed by atoms with Gasteiger partial charge in [0, 0.05) is 39.4 Å². The predicted octanol–water partition coefficient (Wildman–Crippen LogP) is 5.22. The summed E-state index contributed by atoms with van der Waals surface area (Å²) in [5.74, 6) is -1.10. The number of carbonyl (C=O) groups excluding carboxylic acids is 4. The molecule has 9 atom stereocenters. The first-order chi connectivity index (χ1) is 20.0. The average molecular weight is 571 g/mol. The Morgan fingerprint density at radius 3 is 2.52 bits per heavy atom. The molecule has 2 aromatic rings. The van der Waals surface area contributed by atoms with Gasteiger partial charge >= 0.3 is 11.9 Å². The Morgan fingerprint density at radius 2 is 1.83 bits per heavy atom. The van der Waals surface area contributed by atoms with Crippen molar-refractivity contribution in [2.24, 2.45) is 28.1 Å². The van der Waals surface area contributed by atoms with Gasteiger partial charge in [-0.2, -0.15) is 0 Å². The number of ketones is 1. The zero-order valence-electron chi connectivity index (χ0n) is 24.3. The lowest BCUT2D eigenvalue weighted by Crippen LogP contribution is -2.66. The molecule has 1 saturated carbocycles. The highest BCUT2D eigenvalue weighted by Gasteiger charge is 2.77. The normalized spacial score (nSPS) is 39.5. The molecule has 1 aromatic carbocycles. The molecule has 3 heterocycles. The van der Waals surface area contributed by atoms with E-state index in [0.717, 1.165) is 34.3 Å². The molecule has 2 aliphatic heterocycles. The molecule has 0 N–H and O–H groups in total. The number of benzene rings is 1. The smallest absolute Gasteiger partial charge is 0.316 e. The number of hydrogen-bond donors (Lipinski definition) is 0. The molecule has 0 radical (unpaired) electrons. The maximum atomic E-state index is 13.9. The van der Waals surface area contributed by atoms with Crippen LogP contribution in [0, 0.1) is 28.1 Å².